The molecule has 1 aliphatic carbocycles. The van der Waals surface area contributed by atoms with E-state index in [2.05, 4.69) is 70.9 Å². The standard InChI is InChI=1S/C27H38BrN3O2/c1-3-5-7-17-31(27(33)23-12-13-23)21-26(32)30(16-6-4-2)20-25-9-8-18-29(25)19-22-10-14-24(28)15-11-22/h8-11,14-15,18,23H,3-7,12-13,16-17,19-21H2,1-2H3. The third kappa shape index (κ3) is 8.02. The maximum atomic E-state index is 13.4. The van der Waals surface area contributed by atoms with Crippen LogP contribution < -0.4 is 0 Å². The van der Waals surface area contributed by atoms with Crippen LogP contribution in [0.3, 0.4) is 0 Å². The van der Waals surface area contributed by atoms with Crippen LogP contribution in [0.25, 0.3) is 0 Å². The number of carbonyl (C=O) groups excluding carboxylic acids is 2. The number of nitrogens with zero attached hydrogens (tertiary/aromatic N) is 3. The molecule has 0 N–H and O–H groups in total. The Hall–Kier alpha value is -2.08. The fourth-order valence-corrected chi connectivity index (χ4v) is 4.31. The van der Waals surface area contributed by atoms with Gasteiger partial charge in [0, 0.05) is 41.9 Å². The minimum absolute atomic E-state index is 0.0605. The third-order valence-corrected chi connectivity index (χ3v) is 6.80. The lowest BCUT2D eigenvalue weighted by Gasteiger charge is -2.28. The molecule has 0 bridgehead atoms. The largest absolute Gasteiger partial charge is 0.345 e. The van der Waals surface area contributed by atoms with E-state index in [1.54, 1.807) is 0 Å². The van der Waals surface area contributed by atoms with Gasteiger partial charge in [-0.25, -0.2) is 0 Å². The number of hydrogen-bond donors (Lipinski definition) is 0. The number of halogens is 1. The second-order valence-corrected chi connectivity index (χ2v) is 10.1. The summed E-state index contributed by atoms with van der Waals surface area (Å²) in [6.45, 7) is 7.27. The fourth-order valence-electron chi connectivity index (χ4n) is 4.04. The Balaban J connectivity index is 1.68. The highest BCUT2D eigenvalue weighted by atomic mass is 79.9. The normalized spacial score (nSPS) is 13.2. The van der Waals surface area contributed by atoms with E-state index in [1.165, 1.54) is 5.56 Å². The Morgan fingerprint density at radius 1 is 0.970 bits per heavy atom. The second kappa shape index (κ2) is 13.0. The van der Waals surface area contributed by atoms with Crippen molar-refractivity contribution in [2.75, 3.05) is 19.6 Å². The highest BCUT2D eigenvalue weighted by molar-refractivity contribution is 9.10. The number of amides is 2. The number of benzene rings is 1. The van der Waals surface area contributed by atoms with E-state index in [1.807, 2.05) is 15.9 Å². The Kier molecular flexibility index (Phi) is 10.0. The summed E-state index contributed by atoms with van der Waals surface area (Å²) in [5.74, 6) is 0.380. The molecular weight excluding hydrogens is 478 g/mol. The summed E-state index contributed by atoms with van der Waals surface area (Å²) in [4.78, 5) is 30.0. The molecular formula is C27H38BrN3O2. The molecule has 0 radical (unpaired) electrons. The molecule has 1 heterocycles. The van der Waals surface area contributed by atoms with Gasteiger partial charge in [0.15, 0.2) is 0 Å². The predicted molar refractivity (Wildman–Crippen MR) is 137 cm³/mol. The Labute approximate surface area is 207 Å². The average molecular weight is 517 g/mol. The molecule has 0 unspecified atom stereocenters. The molecule has 2 aromatic rings. The lowest BCUT2D eigenvalue weighted by molar-refractivity contribution is -0.141. The maximum absolute atomic E-state index is 13.4. The molecule has 1 fully saturated rings. The maximum Gasteiger partial charge on any atom is 0.242 e. The van der Waals surface area contributed by atoms with Crippen LogP contribution in [-0.4, -0.2) is 45.8 Å². The summed E-state index contributed by atoms with van der Waals surface area (Å²) < 4.78 is 3.28. The number of aromatic nitrogens is 1. The number of unbranched alkanes of at least 4 members (excludes halogenated alkanes) is 3. The molecule has 1 aromatic carbocycles. The van der Waals surface area contributed by atoms with Crippen LogP contribution in [0.5, 0.6) is 0 Å². The first-order valence-electron chi connectivity index (χ1n) is 12.5. The van der Waals surface area contributed by atoms with Crippen molar-refractivity contribution in [2.45, 2.75) is 71.9 Å². The first-order valence-corrected chi connectivity index (χ1v) is 13.3. The summed E-state index contributed by atoms with van der Waals surface area (Å²) in [6, 6.07) is 12.5. The average Bonchev–Trinajstić information content (AvgIpc) is 3.57. The van der Waals surface area contributed by atoms with Crippen LogP contribution in [0.1, 0.15) is 70.1 Å². The van der Waals surface area contributed by atoms with Crippen molar-refractivity contribution in [3.63, 3.8) is 0 Å². The lowest BCUT2D eigenvalue weighted by Crippen LogP contribution is -2.44. The van der Waals surface area contributed by atoms with Crippen LogP contribution in [-0.2, 0) is 22.7 Å². The van der Waals surface area contributed by atoms with Crippen LogP contribution >= 0.6 is 15.9 Å². The molecule has 2 amide bonds. The van der Waals surface area contributed by atoms with Crippen molar-refractivity contribution in [1.82, 2.24) is 14.4 Å². The molecule has 1 saturated carbocycles. The van der Waals surface area contributed by atoms with E-state index in [4.69, 9.17) is 0 Å². The predicted octanol–water partition coefficient (Wildman–Crippen LogP) is 5.86. The van der Waals surface area contributed by atoms with Gasteiger partial charge in [-0.2, -0.15) is 0 Å². The quantitative estimate of drug-likeness (QED) is 0.296. The van der Waals surface area contributed by atoms with Crippen molar-refractivity contribution in [1.29, 1.82) is 0 Å². The zero-order chi connectivity index (χ0) is 23.6. The van der Waals surface area contributed by atoms with Gasteiger partial charge in [-0.15, -0.1) is 0 Å². The highest BCUT2D eigenvalue weighted by Gasteiger charge is 2.34. The van der Waals surface area contributed by atoms with E-state index in [0.29, 0.717) is 13.1 Å². The molecule has 1 aromatic heterocycles. The van der Waals surface area contributed by atoms with Crippen molar-refractivity contribution in [2.24, 2.45) is 5.92 Å². The SMILES string of the molecule is CCCCCN(CC(=O)N(CCCC)Cc1cccn1Cc1ccc(Br)cc1)C(=O)C1CC1. The van der Waals surface area contributed by atoms with Crippen LogP contribution in [0.4, 0.5) is 0 Å². The first-order chi connectivity index (χ1) is 16.0. The molecule has 0 aliphatic heterocycles. The molecule has 1 aliphatic rings. The molecule has 6 heteroatoms. The summed E-state index contributed by atoms with van der Waals surface area (Å²) in [5.41, 5.74) is 2.34. The van der Waals surface area contributed by atoms with Gasteiger partial charge in [0.1, 0.15) is 0 Å². The summed E-state index contributed by atoms with van der Waals surface area (Å²) in [5, 5.41) is 0. The number of rotatable bonds is 14. The monoisotopic (exact) mass is 515 g/mol. The molecule has 33 heavy (non-hydrogen) atoms. The molecule has 0 saturated heterocycles. The number of hydrogen-bond acceptors (Lipinski definition) is 2. The summed E-state index contributed by atoms with van der Waals surface area (Å²) in [6.07, 6.45) is 9.18. The van der Waals surface area contributed by atoms with Gasteiger partial charge >= 0.3 is 0 Å². The van der Waals surface area contributed by atoms with Gasteiger partial charge in [-0.1, -0.05) is 61.2 Å². The van der Waals surface area contributed by atoms with Gasteiger partial charge in [0.2, 0.25) is 11.8 Å². The van der Waals surface area contributed by atoms with E-state index >= 15 is 0 Å². The van der Waals surface area contributed by atoms with Crippen molar-refractivity contribution >= 4 is 27.7 Å². The summed E-state index contributed by atoms with van der Waals surface area (Å²) >= 11 is 3.49. The van der Waals surface area contributed by atoms with Gasteiger partial charge < -0.3 is 14.4 Å². The minimum Gasteiger partial charge on any atom is -0.345 e. The molecule has 180 valence electrons. The molecule has 5 nitrogen and oxygen atoms in total. The highest BCUT2D eigenvalue weighted by Crippen LogP contribution is 2.31. The molecule has 0 atom stereocenters. The van der Waals surface area contributed by atoms with Gasteiger partial charge in [-0.3, -0.25) is 9.59 Å². The van der Waals surface area contributed by atoms with E-state index < -0.39 is 0 Å². The second-order valence-electron chi connectivity index (χ2n) is 9.16. The van der Waals surface area contributed by atoms with Gasteiger partial charge in [0.25, 0.3) is 0 Å². The Morgan fingerprint density at radius 2 is 1.67 bits per heavy atom. The van der Waals surface area contributed by atoms with Crippen molar-refractivity contribution in [3.05, 3.63) is 58.3 Å². The van der Waals surface area contributed by atoms with Crippen molar-refractivity contribution in [3.8, 4) is 0 Å². The van der Waals surface area contributed by atoms with Crippen LogP contribution in [0.15, 0.2) is 47.1 Å². The molecule has 0 spiro atoms. The van der Waals surface area contributed by atoms with E-state index in [9.17, 15) is 9.59 Å². The topological polar surface area (TPSA) is 45.6 Å². The fraction of sp³-hybridized carbons (Fsp3) is 0.556. The van der Waals surface area contributed by atoms with Gasteiger partial charge in [-0.05, 0) is 55.5 Å². The number of carbonyl (C=O) groups is 2. The first kappa shape index (κ1) is 25.5. The lowest BCUT2D eigenvalue weighted by atomic mass is 10.2. The van der Waals surface area contributed by atoms with Crippen molar-refractivity contribution < 1.29 is 9.59 Å². The third-order valence-electron chi connectivity index (χ3n) is 6.27. The van der Waals surface area contributed by atoms with E-state index in [0.717, 1.165) is 68.2 Å². The zero-order valence-corrected chi connectivity index (χ0v) is 21.7. The minimum atomic E-state index is 0.0605. The van der Waals surface area contributed by atoms with E-state index in [-0.39, 0.29) is 24.3 Å². The Morgan fingerprint density at radius 3 is 2.33 bits per heavy atom. The Bertz CT molecular complexity index is 889. The van der Waals surface area contributed by atoms with Gasteiger partial charge in [0.05, 0.1) is 13.1 Å². The summed E-state index contributed by atoms with van der Waals surface area (Å²) in [7, 11) is 0. The smallest absolute Gasteiger partial charge is 0.242 e. The zero-order valence-electron chi connectivity index (χ0n) is 20.1. The van der Waals surface area contributed by atoms with Crippen LogP contribution in [0, 0.1) is 5.92 Å². The van der Waals surface area contributed by atoms with Crippen LogP contribution in [0.2, 0.25) is 0 Å². The molecule has 3 rings (SSSR count).